The Labute approximate surface area is 121 Å². The number of hydrogen-bond acceptors (Lipinski definition) is 6. The van der Waals surface area contributed by atoms with Gasteiger partial charge in [-0.15, -0.1) is 11.3 Å². The summed E-state index contributed by atoms with van der Waals surface area (Å²) in [5, 5.41) is 6.92. The van der Waals surface area contributed by atoms with Gasteiger partial charge in [-0.3, -0.25) is 0 Å². The van der Waals surface area contributed by atoms with Gasteiger partial charge in [0.1, 0.15) is 5.01 Å². The van der Waals surface area contributed by atoms with Crippen molar-refractivity contribution in [2.75, 3.05) is 17.2 Å². The smallest absolute Gasteiger partial charge is 0.224 e. The van der Waals surface area contributed by atoms with Gasteiger partial charge < -0.3 is 10.6 Å². The van der Waals surface area contributed by atoms with Gasteiger partial charge in [-0.1, -0.05) is 13.8 Å². The third-order valence-electron chi connectivity index (χ3n) is 2.63. The first-order chi connectivity index (χ1) is 9.72. The SMILES string of the molecule is CCCNc1ncc(F)c(NCc2ncc(CC)s2)n1. The summed E-state index contributed by atoms with van der Waals surface area (Å²) >= 11 is 1.62. The molecule has 2 aromatic rings. The number of anilines is 2. The van der Waals surface area contributed by atoms with E-state index in [4.69, 9.17) is 0 Å². The zero-order chi connectivity index (χ0) is 14.4. The van der Waals surface area contributed by atoms with Crippen molar-refractivity contribution in [3.05, 3.63) is 28.1 Å². The Bertz CT molecular complexity index is 557. The summed E-state index contributed by atoms with van der Waals surface area (Å²) in [6.07, 6.45) is 4.95. The average Bonchev–Trinajstić information content (AvgIpc) is 2.93. The molecule has 0 saturated heterocycles. The van der Waals surface area contributed by atoms with Gasteiger partial charge in [0.15, 0.2) is 11.6 Å². The summed E-state index contributed by atoms with van der Waals surface area (Å²) in [5.41, 5.74) is 0. The van der Waals surface area contributed by atoms with E-state index in [-0.39, 0.29) is 5.82 Å². The molecular formula is C13H18FN5S. The topological polar surface area (TPSA) is 62.7 Å². The summed E-state index contributed by atoms with van der Waals surface area (Å²) in [5.74, 6) is 0.176. The predicted octanol–water partition coefficient (Wildman–Crippen LogP) is 3.07. The van der Waals surface area contributed by atoms with E-state index in [1.54, 1.807) is 11.3 Å². The second kappa shape index (κ2) is 7.14. The zero-order valence-electron chi connectivity index (χ0n) is 11.6. The average molecular weight is 295 g/mol. The highest BCUT2D eigenvalue weighted by atomic mass is 32.1. The Morgan fingerprint density at radius 1 is 1.20 bits per heavy atom. The van der Waals surface area contributed by atoms with Crippen LogP contribution in [0.3, 0.4) is 0 Å². The van der Waals surface area contributed by atoms with Crippen LogP contribution in [0.1, 0.15) is 30.2 Å². The molecule has 20 heavy (non-hydrogen) atoms. The highest BCUT2D eigenvalue weighted by Gasteiger charge is 2.07. The van der Waals surface area contributed by atoms with Crippen LogP contribution >= 0.6 is 11.3 Å². The second-order valence-electron chi connectivity index (χ2n) is 4.24. The van der Waals surface area contributed by atoms with E-state index in [1.165, 1.54) is 11.1 Å². The van der Waals surface area contributed by atoms with Crippen LogP contribution in [0.4, 0.5) is 16.2 Å². The molecule has 0 saturated carbocycles. The van der Waals surface area contributed by atoms with E-state index in [1.807, 2.05) is 13.1 Å². The minimum absolute atomic E-state index is 0.201. The molecule has 108 valence electrons. The molecule has 7 heteroatoms. The molecule has 2 rings (SSSR count). The van der Waals surface area contributed by atoms with Crippen LogP contribution in [0.25, 0.3) is 0 Å². The summed E-state index contributed by atoms with van der Waals surface area (Å²) < 4.78 is 13.6. The maximum atomic E-state index is 13.6. The molecular weight excluding hydrogens is 277 g/mol. The summed E-state index contributed by atoms with van der Waals surface area (Å²) in [4.78, 5) is 13.5. The number of thiazole rings is 1. The standard InChI is InChI=1S/C13H18FN5S/c1-3-5-15-13-18-7-10(14)12(19-13)17-8-11-16-6-9(4-2)20-11/h6-7H,3-5,8H2,1-2H3,(H2,15,17,18,19). The van der Waals surface area contributed by atoms with Crippen LogP contribution in [-0.4, -0.2) is 21.5 Å². The van der Waals surface area contributed by atoms with Crippen molar-refractivity contribution in [3.63, 3.8) is 0 Å². The van der Waals surface area contributed by atoms with Crippen molar-refractivity contribution in [2.45, 2.75) is 33.2 Å². The van der Waals surface area contributed by atoms with Gasteiger partial charge in [0, 0.05) is 17.6 Å². The van der Waals surface area contributed by atoms with Crippen LogP contribution in [-0.2, 0) is 13.0 Å². The molecule has 0 aromatic carbocycles. The van der Waals surface area contributed by atoms with Crippen molar-refractivity contribution in [1.82, 2.24) is 15.0 Å². The lowest BCUT2D eigenvalue weighted by Gasteiger charge is -2.07. The van der Waals surface area contributed by atoms with Crippen molar-refractivity contribution >= 4 is 23.1 Å². The Morgan fingerprint density at radius 3 is 2.75 bits per heavy atom. The third-order valence-corrected chi connectivity index (χ3v) is 3.78. The Morgan fingerprint density at radius 2 is 2.05 bits per heavy atom. The van der Waals surface area contributed by atoms with Gasteiger partial charge in [-0.25, -0.2) is 14.4 Å². The predicted molar refractivity (Wildman–Crippen MR) is 79.6 cm³/mol. The number of rotatable bonds is 7. The van der Waals surface area contributed by atoms with Crippen molar-refractivity contribution in [3.8, 4) is 0 Å². The van der Waals surface area contributed by atoms with Gasteiger partial charge in [-0.05, 0) is 12.8 Å². The molecule has 0 bridgehead atoms. The van der Waals surface area contributed by atoms with Gasteiger partial charge >= 0.3 is 0 Å². The van der Waals surface area contributed by atoms with E-state index in [2.05, 4.69) is 32.5 Å². The number of hydrogen-bond donors (Lipinski definition) is 2. The Balaban J connectivity index is 2.00. The monoisotopic (exact) mass is 295 g/mol. The molecule has 0 aliphatic carbocycles. The van der Waals surface area contributed by atoms with Crippen LogP contribution < -0.4 is 10.6 Å². The minimum atomic E-state index is -0.459. The lowest BCUT2D eigenvalue weighted by molar-refractivity contribution is 0.617. The van der Waals surface area contributed by atoms with Crippen molar-refractivity contribution in [2.24, 2.45) is 0 Å². The fourth-order valence-corrected chi connectivity index (χ4v) is 2.37. The molecule has 0 radical (unpaired) electrons. The number of aryl methyl sites for hydroxylation is 1. The lowest BCUT2D eigenvalue weighted by atomic mass is 10.4. The lowest BCUT2D eigenvalue weighted by Crippen LogP contribution is -2.09. The Hall–Kier alpha value is -1.76. The maximum absolute atomic E-state index is 13.6. The molecule has 0 spiro atoms. The summed E-state index contributed by atoms with van der Waals surface area (Å²) in [6.45, 7) is 5.35. The molecule has 0 aliphatic heterocycles. The number of nitrogens with one attached hydrogen (secondary N) is 2. The number of halogens is 1. The quantitative estimate of drug-likeness (QED) is 0.822. The van der Waals surface area contributed by atoms with Gasteiger partial charge in [0.25, 0.3) is 0 Å². The fourth-order valence-electron chi connectivity index (χ4n) is 1.57. The fraction of sp³-hybridized carbons (Fsp3) is 0.462. The number of nitrogens with zero attached hydrogens (tertiary/aromatic N) is 3. The summed E-state index contributed by atoms with van der Waals surface area (Å²) in [6, 6.07) is 0. The maximum Gasteiger partial charge on any atom is 0.224 e. The van der Waals surface area contributed by atoms with Crippen LogP contribution in [0.15, 0.2) is 12.4 Å². The highest BCUT2D eigenvalue weighted by Crippen LogP contribution is 2.17. The first-order valence-electron chi connectivity index (χ1n) is 6.66. The first-order valence-corrected chi connectivity index (χ1v) is 7.48. The molecule has 0 aliphatic rings. The minimum Gasteiger partial charge on any atom is -0.361 e. The van der Waals surface area contributed by atoms with Gasteiger partial charge in [-0.2, -0.15) is 4.98 Å². The molecule has 0 amide bonds. The van der Waals surface area contributed by atoms with E-state index in [0.717, 1.165) is 24.4 Å². The summed E-state index contributed by atoms with van der Waals surface area (Å²) in [7, 11) is 0. The molecule has 0 atom stereocenters. The highest BCUT2D eigenvalue weighted by molar-refractivity contribution is 7.11. The van der Waals surface area contributed by atoms with Crippen LogP contribution in [0, 0.1) is 5.82 Å². The molecule has 2 heterocycles. The normalized spacial score (nSPS) is 10.6. The van der Waals surface area contributed by atoms with Gasteiger partial charge in [0.05, 0.1) is 12.7 Å². The van der Waals surface area contributed by atoms with Crippen molar-refractivity contribution in [1.29, 1.82) is 0 Å². The number of aromatic nitrogens is 3. The second-order valence-corrected chi connectivity index (χ2v) is 5.44. The molecule has 0 fully saturated rings. The first kappa shape index (κ1) is 14.6. The van der Waals surface area contributed by atoms with E-state index in [0.29, 0.717) is 12.5 Å². The van der Waals surface area contributed by atoms with E-state index < -0.39 is 5.82 Å². The zero-order valence-corrected chi connectivity index (χ0v) is 12.4. The Kier molecular flexibility index (Phi) is 5.23. The molecule has 2 N–H and O–H groups in total. The van der Waals surface area contributed by atoms with Gasteiger partial charge in [0.2, 0.25) is 5.95 Å². The molecule has 0 unspecified atom stereocenters. The van der Waals surface area contributed by atoms with E-state index in [9.17, 15) is 4.39 Å². The van der Waals surface area contributed by atoms with Crippen LogP contribution in [0.5, 0.6) is 0 Å². The molecule has 2 aromatic heterocycles. The van der Waals surface area contributed by atoms with E-state index >= 15 is 0 Å². The third kappa shape index (κ3) is 3.86. The van der Waals surface area contributed by atoms with Crippen molar-refractivity contribution < 1.29 is 4.39 Å². The van der Waals surface area contributed by atoms with Crippen LogP contribution in [0.2, 0.25) is 0 Å². The largest absolute Gasteiger partial charge is 0.361 e. The molecule has 5 nitrogen and oxygen atoms in total.